The van der Waals surface area contributed by atoms with E-state index in [0.717, 1.165) is 17.2 Å². The van der Waals surface area contributed by atoms with Crippen LogP contribution in [0.1, 0.15) is 87.7 Å². The normalized spacial score (nSPS) is 22.6. The highest BCUT2D eigenvalue weighted by Crippen LogP contribution is 2.96. The lowest BCUT2D eigenvalue weighted by atomic mass is 10.0. The van der Waals surface area contributed by atoms with E-state index in [9.17, 15) is 0 Å². The van der Waals surface area contributed by atoms with Gasteiger partial charge in [-0.2, -0.15) is 0 Å². The lowest BCUT2D eigenvalue weighted by molar-refractivity contribution is 0.764. The molecule has 2 unspecified atom stereocenters. The zero-order valence-electron chi connectivity index (χ0n) is 22.7. The van der Waals surface area contributed by atoms with E-state index in [1.54, 1.807) is 11.1 Å². The van der Waals surface area contributed by atoms with Crippen LogP contribution < -0.4 is 5.57 Å². The van der Waals surface area contributed by atoms with E-state index in [4.69, 9.17) is 9.97 Å². The minimum atomic E-state index is -0.626. The second-order valence-electron chi connectivity index (χ2n) is 11.1. The van der Waals surface area contributed by atoms with E-state index in [-0.39, 0.29) is 13.1 Å². The predicted octanol–water partition coefficient (Wildman–Crippen LogP) is 8.14. The number of hydrogen-bond acceptors (Lipinski definition) is 3. The van der Waals surface area contributed by atoms with Gasteiger partial charge in [0.1, 0.15) is 11.6 Å². The monoisotopic (exact) mass is 491 g/mol. The Morgan fingerprint density at radius 2 is 0.941 bits per heavy atom. The quantitative estimate of drug-likeness (QED) is 0.347. The van der Waals surface area contributed by atoms with Crippen molar-refractivity contribution in [2.75, 3.05) is 0 Å². The van der Waals surface area contributed by atoms with Crippen LogP contribution in [0.2, 0.25) is 0 Å². The molecular formula is C29H39N3P2. The summed E-state index contributed by atoms with van der Waals surface area (Å²) >= 11 is 0. The van der Waals surface area contributed by atoms with Gasteiger partial charge in [0.2, 0.25) is 0 Å². The van der Waals surface area contributed by atoms with Crippen molar-refractivity contribution in [3.63, 3.8) is 0 Å². The number of aromatic nitrogens is 3. The van der Waals surface area contributed by atoms with Crippen molar-refractivity contribution in [3.05, 3.63) is 80.4 Å². The largest absolute Gasteiger partial charge is 0.219 e. The summed E-state index contributed by atoms with van der Waals surface area (Å²) in [6.45, 7) is 25.0. The second kappa shape index (κ2) is 9.07. The maximum Gasteiger partial charge on any atom is 0.156 e. The van der Waals surface area contributed by atoms with E-state index >= 15 is 0 Å². The summed E-state index contributed by atoms with van der Waals surface area (Å²) < 4.78 is 0. The first-order valence-electron chi connectivity index (χ1n) is 12.2. The fourth-order valence-electron chi connectivity index (χ4n) is 5.89. The number of nitrogens with zero attached hydrogens (tertiary/aromatic N) is 3. The van der Waals surface area contributed by atoms with Crippen LogP contribution in [-0.2, 0) is 0 Å². The Morgan fingerprint density at radius 3 is 1.26 bits per heavy atom. The molecule has 1 aromatic heterocycles. The second-order valence-corrected chi connectivity index (χ2v) is 17.3. The van der Waals surface area contributed by atoms with Gasteiger partial charge in [-0.25, -0.2) is 15.0 Å². The van der Waals surface area contributed by atoms with Gasteiger partial charge in [-0.3, -0.25) is 0 Å². The van der Waals surface area contributed by atoms with E-state index in [0.29, 0.717) is 10.8 Å². The van der Waals surface area contributed by atoms with Crippen molar-refractivity contribution >= 4 is 21.4 Å². The van der Waals surface area contributed by atoms with Gasteiger partial charge >= 0.3 is 0 Å². The Morgan fingerprint density at radius 1 is 0.588 bits per heavy atom. The lowest BCUT2D eigenvalue weighted by Gasteiger charge is -2.59. The molecule has 0 N–H and O–H groups in total. The number of hydrogen-bond donors (Lipinski definition) is 0. The van der Waals surface area contributed by atoms with Crippen LogP contribution in [-0.4, -0.2) is 20.1 Å². The molecule has 34 heavy (non-hydrogen) atoms. The summed E-state index contributed by atoms with van der Waals surface area (Å²) in [4.78, 5) is 14.5. The SMILES string of the molecule is Cc1cc(C)c(C2P(c3nc(C)nc(C)n3)C(c3c(C)cc(C)cc3C)P2C(C)(C)C)c(C)c1. The van der Waals surface area contributed by atoms with Gasteiger partial charge in [-0.05, 0) is 102 Å². The zero-order valence-corrected chi connectivity index (χ0v) is 24.5. The van der Waals surface area contributed by atoms with E-state index < -0.39 is 7.92 Å². The van der Waals surface area contributed by atoms with E-state index in [2.05, 4.69) is 91.6 Å². The van der Waals surface area contributed by atoms with Crippen molar-refractivity contribution in [1.82, 2.24) is 15.0 Å². The number of benzene rings is 2. The van der Waals surface area contributed by atoms with Crippen LogP contribution in [0.15, 0.2) is 24.3 Å². The molecule has 180 valence electrons. The van der Waals surface area contributed by atoms with Crippen molar-refractivity contribution in [3.8, 4) is 0 Å². The van der Waals surface area contributed by atoms with Gasteiger partial charge in [0.25, 0.3) is 0 Å². The number of rotatable bonds is 3. The average Bonchev–Trinajstić information content (AvgIpc) is 2.62. The van der Waals surface area contributed by atoms with Crippen LogP contribution in [0.25, 0.3) is 0 Å². The smallest absolute Gasteiger partial charge is 0.156 e. The van der Waals surface area contributed by atoms with Crippen molar-refractivity contribution in [2.24, 2.45) is 0 Å². The molecule has 3 aromatic rings. The highest BCUT2D eigenvalue weighted by molar-refractivity contribution is 7.95. The molecule has 0 radical (unpaired) electrons. The van der Waals surface area contributed by atoms with E-state index in [1.807, 2.05) is 13.8 Å². The number of aryl methyl sites for hydroxylation is 8. The third-order valence-corrected chi connectivity index (χ3v) is 15.2. The zero-order chi connectivity index (χ0) is 25.1. The summed E-state index contributed by atoms with van der Waals surface area (Å²) in [6.07, 6.45) is 0. The first-order valence-corrected chi connectivity index (χ1v) is 15.2. The Balaban J connectivity index is 2.02. The molecule has 0 spiro atoms. The molecule has 2 atom stereocenters. The summed E-state index contributed by atoms with van der Waals surface area (Å²) in [6, 6.07) is 9.47. The molecule has 0 bridgehead atoms. The standard InChI is InChI=1S/C29H39N3P2/c1-16-12-18(3)24(19(4)13-16)26-33(28-31-22(7)30-23(8)32-28)27(34(26)29(9,10)11)25-20(5)14-17(2)15-21(25)6/h12-15,26-27H,1-11H3. The predicted molar refractivity (Wildman–Crippen MR) is 149 cm³/mol. The first-order chi connectivity index (χ1) is 15.8. The average molecular weight is 492 g/mol. The molecule has 5 heteroatoms. The molecule has 1 aliphatic rings. The summed E-state index contributed by atoms with van der Waals surface area (Å²) in [5.41, 5.74) is 12.5. The molecule has 4 rings (SSSR count). The van der Waals surface area contributed by atoms with Crippen LogP contribution in [0.4, 0.5) is 0 Å². The summed E-state index contributed by atoms with van der Waals surface area (Å²) in [5, 5.41) is 1.21. The molecule has 0 amide bonds. The highest BCUT2D eigenvalue weighted by atomic mass is 31.2. The van der Waals surface area contributed by atoms with Crippen LogP contribution in [0.3, 0.4) is 0 Å². The van der Waals surface area contributed by atoms with Crippen LogP contribution in [0, 0.1) is 55.4 Å². The first kappa shape index (κ1) is 25.4. The van der Waals surface area contributed by atoms with Gasteiger partial charge < -0.3 is 0 Å². The van der Waals surface area contributed by atoms with Crippen molar-refractivity contribution < 1.29 is 0 Å². The Labute approximate surface area is 208 Å². The van der Waals surface area contributed by atoms with Gasteiger partial charge in [-0.15, -0.1) is 0 Å². The van der Waals surface area contributed by atoms with Crippen LogP contribution >= 0.6 is 15.8 Å². The lowest BCUT2D eigenvalue weighted by Crippen LogP contribution is -2.34. The molecule has 1 saturated heterocycles. The van der Waals surface area contributed by atoms with Gasteiger partial charge in [0.05, 0.1) is 0 Å². The maximum atomic E-state index is 4.99. The van der Waals surface area contributed by atoms with Crippen molar-refractivity contribution in [1.29, 1.82) is 0 Å². The third kappa shape index (κ3) is 4.47. The fraction of sp³-hybridized carbons (Fsp3) is 0.483. The fourth-order valence-corrected chi connectivity index (χ4v) is 17.0. The topological polar surface area (TPSA) is 38.7 Å². The van der Waals surface area contributed by atoms with Gasteiger partial charge in [-0.1, -0.05) is 64.1 Å². The summed E-state index contributed by atoms with van der Waals surface area (Å²) in [7, 11) is -0.982. The Bertz CT molecular complexity index is 1130. The molecular weight excluding hydrogens is 452 g/mol. The van der Waals surface area contributed by atoms with Gasteiger partial charge in [0.15, 0.2) is 5.57 Å². The molecule has 1 fully saturated rings. The highest BCUT2D eigenvalue weighted by Gasteiger charge is 2.58. The minimum absolute atomic E-state index is 0.216. The third-order valence-electron chi connectivity index (χ3n) is 6.90. The van der Waals surface area contributed by atoms with Gasteiger partial charge in [0, 0.05) is 10.8 Å². The maximum absolute atomic E-state index is 4.99. The molecule has 3 nitrogen and oxygen atoms in total. The van der Waals surface area contributed by atoms with E-state index in [1.165, 1.54) is 33.4 Å². The summed E-state index contributed by atoms with van der Waals surface area (Å²) in [5.74, 6) is 1.67. The molecule has 2 aromatic carbocycles. The van der Waals surface area contributed by atoms with Crippen LogP contribution in [0.5, 0.6) is 0 Å². The molecule has 0 saturated carbocycles. The van der Waals surface area contributed by atoms with Crippen molar-refractivity contribution in [2.45, 2.75) is 92.1 Å². The molecule has 2 heterocycles. The Kier molecular flexibility index (Phi) is 6.78. The minimum Gasteiger partial charge on any atom is -0.219 e. The Hall–Kier alpha value is -1.69. The molecule has 0 aliphatic carbocycles. The molecule has 1 aliphatic heterocycles.